The first-order valence-electron chi connectivity index (χ1n) is 5.04. The van der Waals surface area contributed by atoms with Gasteiger partial charge in [-0.1, -0.05) is 36.8 Å². The lowest BCUT2D eigenvalue weighted by Crippen LogP contribution is -2.31. The van der Waals surface area contributed by atoms with E-state index in [0.29, 0.717) is 5.25 Å². The monoisotopic (exact) mass is 208 g/mol. The highest BCUT2D eigenvalue weighted by molar-refractivity contribution is 8.00. The summed E-state index contributed by atoms with van der Waals surface area (Å²) in [7, 11) is 0. The zero-order chi connectivity index (χ0) is 10.2. The van der Waals surface area contributed by atoms with Crippen LogP contribution in [0.3, 0.4) is 0 Å². The van der Waals surface area contributed by atoms with Crippen molar-refractivity contribution >= 4 is 11.8 Å². The van der Waals surface area contributed by atoms with Crippen LogP contribution in [0, 0.1) is 6.92 Å². The SMILES string of the molecule is Cc1ccc([C@@]2(O)CCS[C@H]2C)cc1. The van der Waals surface area contributed by atoms with E-state index in [-0.39, 0.29) is 0 Å². The predicted octanol–water partition coefficient (Wildman–Crippen LogP) is 2.71. The molecule has 1 aliphatic rings. The fourth-order valence-electron chi connectivity index (χ4n) is 1.95. The molecule has 0 bridgehead atoms. The Hall–Kier alpha value is -0.470. The van der Waals surface area contributed by atoms with Crippen molar-refractivity contribution < 1.29 is 5.11 Å². The van der Waals surface area contributed by atoms with E-state index in [0.717, 1.165) is 17.7 Å². The first kappa shape index (κ1) is 10.1. The lowest BCUT2D eigenvalue weighted by Gasteiger charge is -2.27. The Bertz CT molecular complexity index is 320. The van der Waals surface area contributed by atoms with Crippen molar-refractivity contribution in [2.24, 2.45) is 0 Å². The second-order valence-corrected chi connectivity index (χ2v) is 5.50. The average Bonchev–Trinajstić information content (AvgIpc) is 2.49. The van der Waals surface area contributed by atoms with Gasteiger partial charge in [-0.3, -0.25) is 0 Å². The highest BCUT2D eigenvalue weighted by Crippen LogP contribution is 2.42. The molecule has 0 saturated carbocycles. The minimum absolute atomic E-state index is 0.310. The molecule has 2 rings (SSSR count). The number of hydrogen-bond donors (Lipinski definition) is 1. The minimum atomic E-state index is -0.599. The highest BCUT2D eigenvalue weighted by atomic mass is 32.2. The fourth-order valence-corrected chi connectivity index (χ4v) is 3.27. The lowest BCUT2D eigenvalue weighted by molar-refractivity contribution is 0.0427. The molecular weight excluding hydrogens is 192 g/mol. The molecule has 2 heteroatoms. The van der Waals surface area contributed by atoms with Gasteiger partial charge in [0.1, 0.15) is 5.60 Å². The molecule has 1 aromatic rings. The van der Waals surface area contributed by atoms with Crippen LogP contribution in [0.1, 0.15) is 24.5 Å². The summed E-state index contributed by atoms with van der Waals surface area (Å²) in [6.45, 7) is 4.18. The van der Waals surface area contributed by atoms with Crippen molar-refractivity contribution in [1.82, 2.24) is 0 Å². The summed E-state index contributed by atoms with van der Waals surface area (Å²) in [5, 5.41) is 10.8. The smallest absolute Gasteiger partial charge is 0.102 e. The number of aliphatic hydroxyl groups is 1. The molecule has 1 aliphatic heterocycles. The van der Waals surface area contributed by atoms with Gasteiger partial charge in [0.25, 0.3) is 0 Å². The Balaban J connectivity index is 2.34. The Labute approximate surface area is 89.5 Å². The third-order valence-corrected chi connectivity index (χ3v) is 4.40. The van der Waals surface area contributed by atoms with Gasteiger partial charge in [0.05, 0.1) is 0 Å². The number of thioether (sulfide) groups is 1. The van der Waals surface area contributed by atoms with Crippen LogP contribution in [-0.2, 0) is 5.60 Å². The second-order valence-electron chi connectivity index (χ2n) is 4.05. The molecule has 2 atom stereocenters. The maximum Gasteiger partial charge on any atom is 0.102 e. The van der Waals surface area contributed by atoms with Crippen molar-refractivity contribution in [3.8, 4) is 0 Å². The summed E-state index contributed by atoms with van der Waals surface area (Å²) in [6, 6.07) is 8.25. The van der Waals surface area contributed by atoms with E-state index in [2.05, 4.69) is 38.1 Å². The summed E-state index contributed by atoms with van der Waals surface area (Å²) >= 11 is 1.85. The summed E-state index contributed by atoms with van der Waals surface area (Å²) in [4.78, 5) is 0. The predicted molar refractivity (Wildman–Crippen MR) is 61.6 cm³/mol. The normalized spacial score (nSPS) is 32.1. The van der Waals surface area contributed by atoms with Crippen molar-refractivity contribution in [2.45, 2.75) is 31.1 Å². The van der Waals surface area contributed by atoms with Gasteiger partial charge in [0, 0.05) is 5.25 Å². The van der Waals surface area contributed by atoms with Gasteiger partial charge in [-0.15, -0.1) is 0 Å². The van der Waals surface area contributed by atoms with Crippen molar-refractivity contribution in [3.05, 3.63) is 35.4 Å². The molecule has 1 heterocycles. The molecule has 1 saturated heterocycles. The topological polar surface area (TPSA) is 20.2 Å². The zero-order valence-corrected chi connectivity index (χ0v) is 9.47. The van der Waals surface area contributed by atoms with Crippen LogP contribution < -0.4 is 0 Å². The van der Waals surface area contributed by atoms with Crippen LogP contribution >= 0.6 is 11.8 Å². The summed E-state index contributed by atoms with van der Waals surface area (Å²) in [5.41, 5.74) is 1.72. The molecule has 1 fully saturated rings. The summed E-state index contributed by atoms with van der Waals surface area (Å²) in [5.74, 6) is 1.06. The van der Waals surface area contributed by atoms with Gasteiger partial charge in [0.15, 0.2) is 0 Å². The number of benzene rings is 1. The average molecular weight is 208 g/mol. The molecule has 0 radical (unpaired) electrons. The Morgan fingerprint density at radius 1 is 1.36 bits per heavy atom. The molecular formula is C12H16OS. The molecule has 1 aromatic carbocycles. The van der Waals surface area contributed by atoms with Gasteiger partial charge < -0.3 is 5.11 Å². The van der Waals surface area contributed by atoms with E-state index < -0.39 is 5.60 Å². The number of rotatable bonds is 1. The van der Waals surface area contributed by atoms with Crippen LogP contribution in [0.15, 0.2) is 24.3 Å². The van der Waals surface area contributed by atoms with Crippen LogP contribution in [0.5, 0.6) is 0 Å². The van der Waals surface area contributed by atoms with E-state index >= 15 is 0 Å². The standard InChI is InChI=1S/C12H16OS/c1-9-3-5-11(6-4-9)12(13)7-8-14-10(12)2/h3-6,10,13H,7-8H2,1-2H3/t10-,12+/m0/s1. The second kappa shape index (κ2) is 3.59. The first-order valence-corrected chi connectivity index (χ1v) is 6.09. The maximum atomic E-state index is 10.5. The molecule has 0 aliphatic carbocycles. The summed E-state index contributed by atoms with van der Waals surface area (Å²) in [6.07, 6.45) is 0.877. The van der Waals surface area contributed by atoms with Crippen LogP contribution in [0.25, 0.3) is 0 Å². The molecule has 0 spiro atoms. The van der Waals surface area contributed by atoms with E-state index in [1.54, 1.807) is 0 Å². The maximum absolute atomic E-state index is 10.5. The molecule has 0 amide bonds. The summed E-state index contributed by atoms with van der Waals surface area (Å²) < 4.78 is 0. The van der Waals surface area contributed by atoms with E-state index in [4.69, 9.17) is 0 Å². The molecule has 0 aromatic heterocycles. The highest BCUT2D eigenvalue weighted by Gasteiger charge is 2.40. The van der Waals surface area contributed by atoms with Gasteiger partial charge in [-0.25, -0.2) is 0 Å². The van der Waals surface area contributed by atoms with Crippen molar-refractivity contribution in [3.63, 3.8) is 0 Å². The molecule has 0 unspecified atom stereocenters. The van der Waals surface area contributed by atoms with Crippen LogP contribution in [-0.4, -0.2) is 16.1 Å². The van der Waals surface area contributed by atoms with Crippen molar-refractivity contribution in [1.29, 1.82) is 0 Å². The van der Waals surface area contributed by atoms with Gasteiger partial charge in [-0.2, -0.15) is 11.8 Å². The molecule has 14 heavy (non-hydrogen) atoms. The van der Waals surface area contributed by atoms with E-state index in [1.165, 1.54) is 5.56 Å². The van der Waals surface area contributed by atoms with Crippen LogP contribution in [0.2, 0.25) is 0 Å². The van der Waals surface area contributed by atoms with E-state index in [9.17, 15) is 5.11 Å². The zero-order valence-electron chi connectivity index (χ0n) is 8.66. The van der Waals surface area contributed by atoms with Crippen molar-refractivity contribution in [2.75, 3.05) is 5.75 Å². The molecule has 76 valence electrons. The Kier molecular flexibility index (Phi) is 2.58. The number of aryl methyl sites for hydroxylation is 1. The first-order chi connectivity index (χ1) is 6.63. The Morgan fingerprint density at radius 2 is 2.00 bits per heavy atom. The largest absolute Gasteiger partial charge is 0.384 e. The number of hydrogen-bond acceptors (Lipinski definition) is 2. The van der Waals surface area contributed by atoms with Crippen LogP contribution in [0.4, 0.5) is 0 Å². The third kappa shape index (κ3) is 1.57. The quantitative estimate of drug-likeness (QED) is 0.765. The minimum Gasteiger partial charge on any atom is -0.384 e. The van der Waals surface area contributed by atoms with Gasteiger partial charge >= 0.3 is 0 Å². The van der Waals surface area contributed by atoms with Gasteiger partial charge in [0.2, 0.25) is 0 Å². The molecule has 1 N–H and O–H groups in total. The van der Waals surface area contributed by atoms with E-state index in [1.807, 2.05) is 11.8 Å². The molecule has 1 nitrogen and oxygen atoms in total. The van der Waals surface area contributed by atoms with Gasteiger partial charge in [-0.05, 0) is 24.7 Å². The Morgan fingerprint density at radius 3 is 2.50 bits per heavy atom. The fraction of sp³-hybridized carbons (Fsp3) is 0.500. The lowest BCUT2D eigenvalue weighted by atomic mass is 9.88. The third-order valence-electron chi connectivity index (χ3n) is 3.08.